The van der Waals surface area contributed by atoms with Gasteiger partial charge in [-0.1, -0.05) is 6.07 Å². The van der Waals surface area contributed by atoms with Gasteiger partial charge in [0.2, 0.25) is 0 Å². The minimum atomic E-state index is -0.379. The zero-order valence-electron chi connectivity index (χ0n) is 12.7. The molecule has 1 aromatic rings. The quantitative estimate of drug-likeness (QED) is 0.824. The van der Waals surface area contributed by atoms with Crippen LogP contribution in [0.5, 0.6) is 0 Å². The maximum atomic E-state index is 6.06. The first-order valence-electron chi connectivity index (χ1n) is 6.72. The number of aromatic nitrogens is 1. The van der Waals surface area contributed by atoms with E-state index in [-0.39, 0.29) is 24.4 Å². The van der Waals surface area contributed by atoms with E-state index < -0.39 is 0 Å². The molecule has 1 aromatic heterocycles. The van der Waals surface area contributed by atoms with Crippen molar-refractivity contribution in [2.24, 2.45) is 5.73 Å². The highest BCUT2D eigenvalue weighted by atomic mass is 16.7. The van der Waals surface area contributed by atoms with Gasteiger partial charge < -0.3 is 15.0 Å². The van der Waals surface area contributed by atoms with Crippen LogP contribution in [0.2, 0.25) is 0 Å². The van der Waals surface area contributed by atoms with Crippen LogP contribution in [0.15, 0.2) is 12.3 Å². The normalized spacial score (nSPS) is 22.6. The molecule has 0 radical (unpaired) electrons. The van der Waals surface area contributed by atoms with E-state index >= 15 is 0 Å². The van der Waals surface area contributed by atoms with Crippen molar-refractivity contribution in [2.45, 2.75) is 58.8 Å². The van der Waals surface area contributed by atoms with Gasteiger partial charge in [-0.25, -0.2) is 0 Å². The fourth-order valence-electron chi connectivity index (χ4n) is 2.02. The summed E-state index contributed by atoms with van der Waals surface area (Å²) in [6.07, 6.45) is 1.81. The van der Waals surface area contributed by atoms with Crippen molar-refractivity contribution < 1.29 is 9.31 Å². The van der Waals surface area contributed by atoms with Gasteiger partial charge in [-0.05, 0) is 47.1 Å². The van der Waals surface area contributed by atoms with Gasteiger partial charge in [0.25, 0.3) is 0 Å². The fraction of sp³-hybridized carbons (Fsp3) is 0.643. The van der Waals surface area contributed by atoms with Gasteiger partial charge in [0, 0.05) is 23.4 Å². The van der Waals surface area contributed by atoms with Crippen LogP contribution in [0.25, 0.3) is 0 Å². The monoisotopic (exact) mass is 262 g/mol. The van der Waals surface area contributed by atoms with Crippen molar-refractivity contribution >= 4 is 12.6 Å². The van der Waals surface area contributed by atoms with Crippen LogP contribution in [0, 0.1) is 6.92 Å². The van der Waals surface area contributed by atoms with Crippen molar-refractivity contribution in [3.63, 3.8) is 0 Å². The summed E-state index contributed by atoms with van der Waals surface area (Å²) in [5.41, 5.74) is 8.12. The highest BCUT2D eigenvalue weighted by Crippen LogP contribution is 2.36. The van der Waals surface area contributed by atoms with Gasteiger partial charge in [-0.3, -0.25) is 4.98 Å². The Kier molecular flexibility index (Phi) is 3.50. The van der Waals surface area contributed by atoms with Gasteiger partial charge in [-0.15, -0.1) is 0 Å². The Morgan fingerprint density at radius 1 is 1.21 bits per heavy atom. The van der Waals surface area contributed by atoms with Crippen LogP contribution in [0.3, 0.4) is 0 Å². The third-order valence-corrected chi connectivity index (χ3v) is 4.18. The molecular weight excluding hydrogens is 239 g/mol. The van der Waals surface area contributed by atoms with Gasteiger partial charge in [0.05, 0.1) is 11.2 Å². The van der Waals surface area contributed by atoms with Gasteiger partial charge >= 0.3 is 7.12 Å². The van der Waals surface area contributed by atoms with Gasteiger partial charge in [0.1, 0.15) is 0 Å². The Bertz CT molecular complexity index is 470. The largest absolute Gasteiger partial charge is 0.496 e. The first kappa shape index (κ1) is 14.5. The summed E-state index contributed by atoms with van der Waals surface area (Å²) in [5.74, 6) is 0. The van der Waals surface area contributed by atoms with Crippen molar-refractivity contribution in [2.75, 3.05) is 0 Å². The van der Waals surface area contributed by atoms with Crippen LogP contribution < -0.4 is 11.2 Å². The number of pyridine rings is 1. The average Bonchev–Trinajstić information content (AvgIpc) is 2.48. The lowest BCUT2D eigenvalue weighted by atomic mass is 9.77. The van der Waals surface area contributed by atoms with Crippen LogP contribution in [0.1, 0.15) is 51.9 Å². The minimum Gasteiger partial charge on any atom is -0.399 e. The number of aryl methyl sites for hydroxylation is 1. The van der Waals surface area contributed by atoms with Crippen molar-refractivity contribution in [3.05, 3.63) is 23.5 Å². The molecular formula is C14H23BN2O2. The van der Waals surface area contributed by atoms with E-state index in [1.807, 2.05) is 53.8 Å². The molecule has 0 aliphatic carbocycles. The van der Waals surface area contributed by atoms with Crippen LogP contribution in [-0.2, 0) is 9.31 Å². The first-order chi connectivity index (χ1) is 8.64. The van der Waals surface area contributed by atoms with E-state index in [0.29, 0.717) is 0 Å². The van der Waals surface area contributed by atoms with Gasteiger partial charge in [0.15, 0.2) is 0 Å². The predicted molar refractivity (Wildman–Crippen MR) is 77.3 cm³/mol. The first-order valence-corrected chi connectivity index (χ1v) is 6.72. The maximum absolute atomic E-state index is 6.06. The summed E-state index contributed by atoms with van der Waals surface area (Å²) < 4.78 is 12.1. The van der Waals surface area contributed by atoms with E-state index in [0.717, 1.165) is 16.7 Å². The average molecular weight is 262 g/mol. The maximum Gasteiger partial charge on any atom is 0.496 e. The number of nitrogens with two attached hydrogens (primary N) is 1. The molecule has 1 unspecified atom stereocenters. The molecule has 0 bridgehead atoms. The summed E-state index contributed by atoms with van der Waals surface area (Å²) in [4.78, 5) is 4.40. The third-order valence-electron chi connectivity index (χ3n) is 4.18. The van der Waals surface area contributed by atoms with Crippen molar-refractivity contribution in [3.8, 4) is 0 Å². The van der Waals surface area contributed by atoms with Crippen LogP contribution in [-0.4, -0.2) is 23.3 Å². The Morgan fingerprint density at radius 2 is 1.74 bits per heavy atom. The SMILES string of the molecule is Cc1ncc(C(C)N)cc1B1OC(C)(C)C(C)(C)O1. The molecule has 2 heterocycles. The summed E-state index contributed by atoms with van der Waals surface area (Å²) in [6.45, 7) is 12.1. The number of nitrogens with zero attached hydrogens (tertiary/aromatic N) is 1. The number of rotatable bonds is 2. The second-order valence-electron chi connectivity index (χ2n) is 6.32. The topological polar surface area (TPSA) is 57.4 Å². The Hall–Kier alpha value is -0.905. The lowest BCUT2D eigenvalue weighted by Crippen LogP contribution is -2.41. The third kappa shape index (κ3) is 2.55. The molecule has 0 saturated carbocycles. The molecule has 5 heteroatoms. The molecule has 2 N–H and O–H groups in total. The number of hydrogen-bond donors (Lipinski definition) is 1. The summed E-state index contributed by atoms with van der Waals surface area (Å²) in [6, 6.07) is 1.99. The van der Waals surface area contributed by atoms with E-state index in [1.165, 1.54) is 0 Å². The molecule has 4 nitrogen and oxygen atoms in total. The van der Waals surface area contributed by atoms with E-state index in [1.54, 1.807) is 0 Å². The second-order valence-corrected chi connectivity index (χ2v) is 6.32. The van der Waals surface area contributed by atoms with Crippen LogP contribution in [0.4, 0.5) is 0 Å². The zero-order valence-corrected chi connectivity index (χ0v) is 12.7. The zero-order chi connectivity index (χ0) is 14.4. The highest BCUT2D eigenvalue weighted by Gasteiger charge is 2.52. The van der Waals surface area contributed by atoms with Crippen LogP contribution >= 0.6 is 0 Å². The Labute approximate surface area is 115 Å². The van der Waals surface area contributed by atoms with E-state index in [2.05, 4.69) is 4.98 Å². The second kappa shape index (κ2) is 4.58. The molecule has 2 rings (SSSR count). The van der Waals surface area contributed by atoms with Crippen molar-refractivity contribution in [1.29, 1.82) is 0 Å². The minimum absolute atomic E-state index is 0.0470. The molecule has 19 heavy (non-hydrogen) atoms. The molecule has 0 aromatic carbocycles. The molecule has 0 amide bonds. The number of hydrogen-bond acceptors (Lipinski definition) is 4. The smallest absolute Gasteiger partial charge is 0.399 e. The summed E-state index contributed by atoms with van der Waals surface area (Å²) in [5, 5.41) is 0. The fourth-order valence-corrected chi connectivity index (χ4v) is 2.02. The molecule has 1 atom stereocenters. The standard InChI is InChI=1S/C14H23BN2O2/c1-9(16)11-7-12(10(2)17-8-11)15-18-13(3,4)14(5,6)19-15/h7-9H,16H2,1-6H3. The molecule has 1 aliphatic rings. The van der Waals surface area contributed by atoms with E-state index in [4.69, 9.17) is 15.0 Å². The highest BCUT2D eigenvalue weighted by molar-refractivity contribution is 6.62. The summed E-state index contributed by atoms with van der Waals surface area (Å²) in [7, 11) is -0.379. The Morgan fingerprint density at radius 3 is 2.21 bits per heavy atom. The van der Waals surface area contributed by atoms with Gasteiger partial charge in [-0.2, -0.15) is 0 Å². The lowest BCUT2D eigenvalue weighted by Gasteiger charge is -2.32. The van der Waals surface area contributed by atoms with E-state index in [9.17, 15) is 0 Å². The molecule has 1 aliphatic heterocycles. The molecule has 1 fully saturated rings. The predicted octanol–water partition coefficient (Wildman–Crippen LogP) is 1.71. The summed E-state index contributed by atoms with van der Waals surface area (Å²) >= 11 is 0. The lowest BCUT2D eigenvalue weighted by molar-refractivity contribution is 0.00578. The molecule has 104 valence electrons. The molecule has 1 saturated heterocycles. The molecule has 0 spiro atoms. The van der Waals surface area contributed by atoms with Crippen molar-refractivity contribution in [1.82, 2.24) is 4.98 Å². The Balaban J connectivity index is 2.36.